The fourth-order valence-corrected chi connectivity index (χ4v) is 2.67. The number of aryl methyl sites for hydroxylation is 1. The monoisotopic (exact) mass is 262 g/mol. The molecule has 2 rings (SSSR count). The van der Waals surface area contributed by atoms with E-state index in [2.05, 4.69) is 36.7 Å². The van der Waals surface area contributed by atoms with Gasteiger partial charge in [0.15, 0.2) is 0 Å². The highest BCUT2D eigenvalue weighted by Crippen LogP contribution is 2.27. The third-order valence-electron chi connectivity index (χ3n) is 3.98. The minimum atomic E-state index is 0.365. The molecule has 0 aliphatic carbocycles. The van der Waals surface area contributed by atoms with Gasteiger partial charge in [-0.1, -0.05) is 13.8 Å². The highest BCUT2D eigenvalue weighted by Gasteiger charge is 2.26. The summed E-state index contributed by atoms with van der Waals surface area (Å²) < 4.78 is 0. The molecule has 0 saturated carbocycles. The number of anilines is 1. The Hall–Kier alpha value is -1.16. The van der Waals surface area contributed by atoms with Gasteiger partial charge in [0.1, 0.15) is 11.6 Å². The minimum absolute atomic E-state index is 0.365. The van der Waals surface area contributed by atoms with Crippen LogP contribution in [0.25, 0.3) is 0 Å². The summed E-state index contributed by atoms with van der Waals surface area (Å²) in [6.07, 6.45) is 2.43. The summed E-state index contributed by atoms with van der Waals surface area (Å²) in [5.41, 5.74) is 6.89. The number of rotatable bonds is 3. The van der Waals surface area contributed by atoms with Crippen molar-refractivity contribution in [1.82, 2.24) is 9.97 Å². The van der Waals surface area contributed by atoms with E-state index in [4.69, 9.17) is 10.7 Å². The summed E-state index contributed by atoms with van der Waals surface area (Å²) in [7, 11) is 0. The first-order valence-corrected chi connectivity index (χ1v) is 7.33. The third-order valence-corrected chi connectivity index (χ3v) is 3.98. The van der Waals surface area contributed by atoms with Crippen LogP contribution in [0.3, 0.4) is 0 Å². The highest BCUT2D eigenvalue weighted by molar-refractivity contribution is 5.42. The van der Waals surface area contributed by atoms with Gasteiger partial charge in [0.2, 0.25) is 0 Å². The Kier molecular flexibility index (Phi) is 4.40. The molecule has 19 heavy (non-hydrogen) atoms. The van der Waals surface area contributed by atoms with Crippen molar-refractivity contribution >= 4 is 5.82 Å². The lowest BCUT2D eigenvalue weighted by Gasteiger charge is -2.38. The van der Waals surface area contributed by atoms with Crippen molar-refractivity contribution in [2.24, 2.45) is 11.7 Å². The first kappa shape index (κ1) is 14.3. The van der Waals surface area contributed by atoms with E-state index in [9.17, 15) is 0 Å². The molecule has 1 aromatic heterocycles. The molecule has 0 radical (unpaired) electrons. The Morgan fingerprint density at radius 3 is 2.74 bits per heavy atom. The second-order valence-electron chi connectivity index (χ2n) is 6.06. The van der Waals surface area contributed by atoms with Crippen molar-refractivity contribution in [3.63, 3.8) is 0 Å². The van der Waals surface area contributed by atoms with Crippen molar-refractivity contribution in [1.29, 1.82) is 0 Å². The van der Waals surface area contributed by atoms with E-state index >= 15 is 0 Å². The zero-order chi connectivity index (χ0) is 14.0. The topological polar surface area (TPSA) is 55.0 Å². The van der Waals surface area contributed by atoms with E-state index in [0.717, 1.165) is 30.4 Å². The van der Waals surface area contributed by atoms with E-state index in [1.54, 1.807) is 0 Å². The Bertz CT molecular complexity index is 430. The average Bonchev–Trinajstić information content (AvgIpc) is 2.38. The lowest BCUT2D eigenvalue weighted by Crippen LogP contribution is -2.44. The molecule has 1 aliphatic heterocycles. The Morgan fingerprint density at radius 1 is 1.37 bits per heavy atom. The maximum atomic E-state index is 5.84. The van der Waals surface area contributed by atoms with Crippen LogP contribution in [0.2, 0.25) is 0 Å². The summed E-state index contributed by atoms with van der Waals surface area (Å²) in [4.78, 5) is 11.7. The predicted octanol–water partition coefficient (Wildman–Crippen LogP) is 2.47. The van der Waals surface area contributed by atoms with Gasteiger partial charge in [0, 0.05) is 30.3 Å². The Balaban J connectivity index is 2.28. The summed E-state index contributed by atoms with van der Waals surface area (Å²) in [6, 6.07) is 2.64. The zero-order valence-electron chi connectivity index (χ0n) is 12.6. The Labute approximate surface area is 116 Å². The van der Waals surface area contributed by atoms with E-state index in [0.29, 0.717) is 17.9 Å². The van der Waals surface area contributed by atoms with Crippen molar-refractivity contribution in [2.75, 3.05) is 18.0 Å². The predicted molar refractivity (Wildman–Crippen MR) is 79.4 cm³/mol. The molecule has 1 saturated heterocycles. The lowest BCUT2D eigenvalue weighted by atomic mass is 9.93. The van der Waals surface area contributed by atoms with Crippen LogP contribution in [-0.2, 0) is 0 Å². The Morgan fingerprint density at radius 2 is 2.11 bits per heavy atom. The lowest BCUT2D eigenvalue weighted by molar-refractivity contribution is 0.371. The van der Waals surface area contributed by atoms with Gasteiger partial charge in [0.25, 0.3) is 0 Å². The molecule has 1 aliphatic rings. The van der Waals surface area contributed by atoms with Crippen LogP contribution in [0, 0.1) is 12.8 Å². The highest BCUT2D eigenvalue weighted by atomic mass is 15.2. The van der Waals surface area contributed by atoms with Crippen LogP contribution in [0.15, 0.2) is 6.07 Å². The van der Waals surface area contributed by atoms with Gasteiger partial charge in [-0.15, -0.1) is 0 Å². The van der Waals surface area contributed by atoms with Crippen LogP contribution in [0.5, 0.6) is 0 Å². The van der Waals surface area contributed by atoms with Gasteiger partial charge in [-0.3, -0.25) is 0 Å². The minimum Gasteiger partial charge on any atom is -0.353 e. The van der Waals surface area contributed by atoms with Crippen LogP contribution in [0.4, 0.5) is 5.82 Å². The second kappa shape index (κ2) is 5.87. The fraction of sp³-hybridized carbons (Fsp3) is 0.733. The largest absolute Gasteiger partial charge is 0.353 e. The standard InChI is InChI=1S/C15H26N4/c1-10(2)15-17-11(3)7-14(18-15)19-9-13(8-16)6-5-12(19)4/h7,10,12-13H,5-6,8-9,16H2,1-4H3. The molecule has 4 nitrogen and oxygen atoms in total. The fourth-order valence-electron chi connectivity index (χ4n) is 2.67. The first-order chi connectivity index (χ1) is 9.01. The van der Waals surface area contributed by atoms with Crippen molar-refractivity contribution in [3.05, 3.63) is 17.6 Å². The summed E-state index contributed by atoms with van der Waals surface area (Å²) in [5, 5.41) is 0. The SMILES string of the molecule is Cc1cc(N2CC(CN)CCC2C)nc(C(C)C)n1. The molecule has 0 aromatic carbocycles. The number of piperidine rings is 1. The van der Waals surface area contributed by atoms with E-state index in [-0.39, 0.29) is 0 Å². The van der Waals surface area contributed by atoms with Gasteiger partial charge >= 0.3 is 0 Å². The quantitative estimate of drug-likeness (QED) is 0.909. The maximum Gasteiger partial charge on any atom is 0.133 e. The molecule has 1 fully saturated rings. The molecule has 0 amide bonds. The van der Waals surface area contributed by atoms with E-state index < -0.39 is 0 Å². The van der Waals surface area contributed by atoms with Crippen LogP contribution in [0.1, 0.15) is 51.0 Å². The van der Waals surface area contributed by atoms with Gasteiger partial charge in [-0.25, -0.2) is 9.97 Å². The van der Waals surface area contributed by atoms with Crippen LogP contribution >= 0.6 is 0 Å². The van der Waals surface area contributed by atoms with Crippen LogP contribution in [-0.4, -0.2) is 29.1 Å². The molecule has 0 bridgehead atoms. The molecule has 2 atom stereocenters. The molecule has 106 valence electrons. The van der Waals surface area contributed by atoms with Crippen molar-refractivity contribution in [3.8, 4) is 0 Å². The average molecular weight is 262 g/mol. The maximum absolute atomic E-state index is 5.84. The van der Waals surface area contributed by atoms with E-state index in [1.165, 1.54) is 12.8 Å². The first-order valence-electron chi connectivity index (χ1n) is 7.33. The molecule has 1 aromatic rings. The van der Waals surface area contributed by atoms with Crippen LogP contribution < -0.4 is 10.6 Å². The van der Waals surface area contributed by atoms with Crippen molar-refractivity contribution in [2.45, 2.75) is 52.5 Å². The zero-order valence-corrected chi connectivity index (χ0v) is 12.6. The summed E-state index contributed by atoms with van der Waals surface area (Å²) >= 11 is 0. The third kappa shape index (κ3) is 3.24. The second-order valence-corrected chi connectivity index (χ2v) is 6.06. The molecule has 4 heteroatoms. The number of nitrogens with two attached hydrogens (primary N) is 1. The smallest absolute Gasteiger partial charge is 0.133 e. The van der Waals surface area contributed by atoms with Gasteiger partial charge < -0.3 is 10.6 Å². The van der Waals surface area contributed by atoms with Gasteiger partial charge in [-0.05, 0) is 39.2 Å². The number of hydrogen-bond donors (Lipinski definition) is 1. The number of nitrogens with zero attached hydrogens (tertiary/aromatic N) is 3. The van der Waals surface area contributed by atoms with Crippen molar-refractivity contribution < 1.29 is 0 Å². The molecule has 0 spiro atoms. The number of aromatic nitrogens is 2. The number of hydrogen-bond acceptors (Lipinski definition) is 4. The molecular formula is C15H26N4. The van der Waals surface area contributed by atoms with E-state index in [1.807, 2.05) is 6.92 Å². The normalized spacial score (nSPS) is 24.0. The summed E-state index contributed by atoms with van der Waals surface area (Å²) in [5.74, 6) is 2.97. The molecule has 2 unspecified atom stereocenters. The molecular weight excluding hydrogens is 236 g/mol. The molecule has 2 N–H and O–H groups in total. The summed E-state index contributed by atoms with van der Waals surface area (Å²) in [6.45, 7) is 10.4. The molecule has 2 heterocycles. The van der Waals surface area contributed by atoms with Gasteiger partial charge in [-0.2, -0.15) is 0 Å². The van der Waals surface area contributed by atoms with Gasteiger partial charge in [0.05, 0.1) is 0 Å².